The Balaban J connectivity index is 1.69. The van der Waals surface area contributed by atoms with Gasteiger partial charge in [-0.05, 0) is 31.4 Å². The van der Waals surface area contributed by atoms with Gasteiger partial charge in [-0.25, -0.2) is 0 Å². The maximum Gasteiger partial charge on any atom is 0.233 e. The Kier molecular flexibility index (Phi) is 6.51. The number of hydrogen-bond acceptors (Lipinski definition) is 4. The summed E-state index contributed by atoms with van der Waals surface area (Å²) in [7, 11) is 1.64. The summed E-state index contributed by atoms with van der Waals surface area (Å²) in [6.45, 7) is 6.28. The number of piperazine rings is 1. The first-order valence-electron chi connectivity index (χ1n) is 11.3. The highest BCUT2D eigenvalue weighted by Gasteiger charge is 2.46. The number of aryl methyl sites for hydroxylation is 1. The number of hydrogen-bond donors (Lipinski definition) is 0. The summed E-state index contributed by atoms with van der Waals surface area (Å²) in [5.74, 6) is 0.875. The molecule has 2 heterocycles. The Bertz CT molecular complexity index is 983. The van der Waals surface area contributed by atoms with Gasteiger partial charge in [-0.1, -0.05) is 48.0 Å². The van der Waals surface area contributed by atoms with Crippen molar-refractivity contribution in [1.29, 1.82) is 0 Å². The van der Waals surface area contributed by atoms with E-state index in [9.17, 15) is 9.59 Å². The van der Waals surface area contributed by atoms with Gasteiger partial charge >= 0.3 is 0 Å². The Morgan fingerprint density at radius 2 is 1.81 bits per heavy atom. The van der Waals surface area contributed by atoms with Crippen LogP contribution in [0.2, 0.25) is 0 Å². The van der Waals surface area contributed by atoms with Crippen molar-refractivity contribution in [3.05, 3.63) is 65.2 Å². The molecule has 2 fully saturated rings. The monoisotopic (exact) mass is 436 g/mol. The Morgan fingerprint density at radius 3 is 2.50 bits per heavy atom. The predicted molar refractivity (Wildman–Crippen MR) is 123 cm³/mol. The number of ether oxygens (including phenoxy) is 2. The minimum absolute atomic E-state index is 0.00692. The second-order valence-corrected chi connectivity index (χ2v) is 8.79. The number of nitrogens with zero attached hydrogens (tertiary/aromatic N) is 2. The highest BCUT2D eigenvalue weighted by Crippen LogP contribution is 2.39. The van der Waals surface area contributed by atoms with E-state index >= 15 is 0 Å². The van der Waals surface area contributed by atoms with E-state index in [0.29, 0.717) is 45.7 Å². The van der Waals surface area contributed by atoms with Gasteiger partial charge in [-0.2, -0.15) is 0 Å². The van der Waals surface area contributed by atoms with Gasteiger partial charge < -0.3 is 19.3 Å². The van der Waals surface area contributed by atoms with Gasteiger partial charge in [0.15, 0.2) is 0 Å². The topological polar surface area (TPSA) is 59.1 Å². The van der Waals surface area contributed by atoms with Crippen molar-refractivity contribution < 1.29 is 19.1 Å². The molecule has 2 amide bonds. The molecule has 0 radical (unpaired) electrons. The summed E-state index contributed by atoms with van der Waals surface area (Å²) in [5, 5.41) is 0. The van der Waals surface area contributed by atoms with Gasteiger partial charge in [-0.3, -0.25) is 9.59 Å². The van der Waals surface area contributed by atoms with Crippen LogP contribution in [0.4, 0.5) is 0 Å². The van der Waals surface area contributed by atoms with Crippen molar-refractivity contribution in [3.8, 4) is 5.75 Å². The molecule has 2 aliphatic heterocycles. The van der Waals surface area contributed by atoms with Crippen LogP contribution in [0.1, 0.15) is 42.5 Å². The summed E-state index contributed by atoms with van der Waals surface area (Å²) in [6.07, 6.45) is 1.34. The lowest BCUT2D eigenvalue weighted by atomic mass is 9.72. The first-order valence-corrected chi connectivity index (χ1v) is 11.3. The summed E-state index contributed by atoms with van der Waals surface area (Å²) in [5.41, 5.74) is 2.55. The number of benzene rings is 2. The second kappa shape index (κ2) is 9.33. The maximum atomic E-state index is 14.1. The molecule has 2 aromatic carbocycles. The van der Waals surface area contributed by atoms with Crippen LogP contribution in [0.3, 0.4) is 0 Å². The van der Waals surface area contributed by atoms with Gasteiger partial charge in [0.2, 0.25) is 11.8 Å². The number of rotatable bonds is 4. The quantitative estimate of drug-likeness (QED) is 0.736. The standard InChI is InChI=1S/C26H32N2O4/c1-19-7-6-8-21(17-19)26(11-15-32-16-12-26)25(30)27-13-14-28(20(2)29)23(18-27)22-9-4-5-10-24(22)31-3/h4-10,17,23H,11-16,18H2,1-3H3/t23-/m1/s1. The van der Waals surface area contributed by atoms with Crippen molar-refractivity contribution in [2.24, 2.45) is 0 Å². The van der Waals surface area contributed by atoms with Crippen molar-refractivity contribution in [2.75, 3.05) is 40.0 Å². The van der Waals surface area contributed by atoms with E-state index in [0.717, 1.165) is 22.4 Å². The number of para-hydroxylation sites is 1. The van der Waals surface area contributed by atoms with Crippen LogP contribution in [0.25, 0.3) is 0 Å². The molecule has 0 aliphatic carbocycles. The van der Waals surface area contributed by atoms with E-state index < -0.39 is 5.41 Å². The van der Waals surface area contributed by atoms with E-state index in [1.165, 1.54) is 0 Å². The van der Waals surface area contributed by atoms with Crippen LogP contribution in [-0.4, -0.2) is 61.6 Å². The van der Waals surface area contributed by atoms with Crippen LogP contribution in [0, 0.1) is 6.92 Å². The average molecular weight is 437 g/mol. The Labute approximate surface area is 190 Å². The van der Waals surface area contributed by atoms with Crippen molar-refractivity contribution in [3.63, 3.8) is 0 Å². The van der Waals surface area contributed by atoms with Crippen LogP contribution in [-0.2, 0) is 19.7 Å². The molecule has 6 heteroatoms. The molecule has 2 aromatic rings. The molecule has 170 valence electrons. The molecule has 0 bridgehead atoms. The third-order valence-electron chi connectivity index (χ3n) is 6.90. The molecule has 2 saturated heterocycles. The molecule has 2 aliphatic rings. The Hall–Kier alpha value is -2.86. The zero-order valence-corrected chi connectivity index (χ0v) is 19.2. The molecule has 0 spiro atoms. The summed E-state index contributed by atoms with van der Waals surface area (Å²) >= 11 is 0. The van der Waals surface area contributed by atoms with Gasteiger partial charge in [-0.15, -0.1) is 0 Å². The molecule has 4 rings (SSSR count). The molecule has 1 atom stereocenters. The zero-order valence-electron chi connectivity index (χ0n) is 19.2. The summed E-state index contributed by atoms with van der Waals surface area (Å²) in [4.78, 5) is 30.4. The largest absolute Gasteiger partial charge is 0.496 e. The molecular formula is C26H32N2O4. The first-order chi connectivity index (χ1) is 15.5. The van der Waals surface area contributed by atoms with Gasteiger partial charge in [0, 0.05) is 45.3 Å². The van der Waals surface area contributed by atoms with Gasteiger partial charge in [0.1, 0.15) is 5.75 Å². The fourth-order valence-corrected chi connectivity index (χ4v) is 5.14. The molecule has 0 unspecified atom stereocenters. The molecule has 0 N–H and O–H groups in total. The van der Waals surface area contributed by atoms with Gasteiger partial charge in [0.25, 0.3) is 0 Å². The lowest BCUT2D eigenvalue weighted by Crippen LogP contribution is -2.57. The summed E-state index contributed by atoms with van der Waals surface area (Å²) in [6, 6.07) is 15.8. The zero-order chi connectivity index (χ0) is 22.7. The predicted octanol–water partition coefficient (Wildman–Crippen LogP) is 3.48. The normalized spacial score (nSPS) is 20.7. The molecule has 32 heavy (non-hydrogen) atoms. The molecule has 0 aromatic heterocycles. The average Bonchev–Trinajstić information content (AvgIpc) is 2.83. The van der Waals surface area contributed by atoms with Crippen LogP contribution < -0.4 is 4.74 Å². The number of carbonyl (C=O) groups is 2. The number of methoxy groups -OCH3 is 1. The van der Waals surface area contributed by atoms with E-state index in [4.69, 9.17) is 9.47 Å². The first kappa shape index (κ1) is 22.3. The van der Waals surface area contributed by atoms with Crippen molar-refractivity contribution >= 4 is 11.8 Å². The lowest BCUT2D eigenvalue weighted by Gasteiger charge is -2.46. The maximum absolute atomic E-state index is 14.1. The third kappa shape index (κ3) is 4.11. The van der Waals surface area contributed by atoms with Crippen LogP contribution in [0.5, 0.6) is 5.75 Å². The lowest BCUT2D eigenvalue weighted by molar-refractivity contribution is -0.148. The van der Waals surface area contributed by atoms with Crippen molar-refractivity contribution in [1.82, 2.24) is 9.80 Å². The fraction of sp³-hybridized carbons (Fsp3) is 0.462. The molecule has 0 saturated carbocycles. The number of amides is 2. The van der Waals surface area contributed by atoms with Crippen LogP contribution in [0.15, 0.2) is 48.5 Å². The SMILES string of the molecule is COc1ccccc1[C@H]1CN(C(=O)C2(c3cccc(C)c3)CCOCC2)CCN1C(C)=O. The van der Waals surface area contributed by atoms with Gasteiger partial charge in [0.05, 0.1) is 18.6 Å². The fourth-order valence-electron chi connectivity index (χ4n) is 5.14. The minimum Gasteiger partial charge on any atom is -0.496 e. The smallest absolute Gasteiger partial charge is 0.233 e. The van der Waals surface area contributed by atoms with Crippen LogP contribution >= 0.6 is 0 Å². The number of carbonyl (C=O) groups excluding carboxylic acids is 2. The Morgan fingerprint density at radius 1 is 1.06 bits per heavy atom. The van der Waals surface area contributed by atoms with E-state index in [1.807, 2.05) is 40.1 Å². The highest BCUT2D eigenvalue weighted by atomic mass is 16.5. The van der Waals surface area contributed by atoms with E-state index in [1.54, 1.807) is 14.0 Å². The van der Waals surface area contributed by atoms with E-state index in [-0.39, 0.29) is 17.9 Å². The highest BCUT2D eigenvalue weighted by molar-refractivity contribution is 5.89. The second-order valence-electron chi connectivity index (χ2n) is 8.79. The minimum atomic E-state index is -0.589. The molecule has 6 nitrogen and oxygen atoms in total. The van der Waals surface area contributed by atoms with E-state index in [2.05, 4.69) is 25.1 Å². The van der Waals surface area contributed by atoms with Crippen molar-refractivity contribution in [2.45, 2.75) is 38.1 Å². The third-order valence-corrected chi connectivity index (χ3v) is 6.90. The molecular weight excluding hydrogens is 404 g/mol. The summed E-state index contributed by atoms with van der Waals surface area (Å²) < 4.78 is 11.2.